The van der Waals surface area contributed by atoms with Crippen molar-refractivity contribution in [3.63, 3.8) is 0 Å². The van der Waals surface area contributed by atoms with Crippen molar-refractivity contribution in [1.29, 1.82) is 0 Å². The summed E-state index contributed by atoms with van der Waals surface area (Å²) < 4.78 is 24.7. The minimum Gasteiger partial charge on any atom is -0.364 e. The summed E-state index contributed by atoms with van der Waals surface area (Å²) in [6.45, 7) is 0.893. The van der Waals surface area contributed by atoms with Crippen molar-refractivity contribution >= 4 is 17.4 Å². The average Bonchev–Trinajstić information content (AvgIpc) is 3.66. The predicted molar refractivity (Wildman–Crippen MR) is 156 cm³/mol. The number of halogens is 2. The van der Waals surface area contributed by atoms with Crippen molar-refractivity contribution in [3.05, 3.63) is 147 Å². The van der Waals surface area contributed by atoms with Crippen molar-refractivity contribution in [3.8, 4) is 17.2 Å². The van der Waals surface area contributed by atoms with Crippen LogP contribution >= 0.6 is 11.6 Å². The number of benzene rings is 4. The first-order valence-corrected chi connectivity index (χ1v) is 13.5. The van der Waals surface area contributed by atoms with Crippen molar-refractivity contribution < 1.29 is 13.5 Å². The van der Waals surface area contributed by atoms with E-state index in [9.17, 15) is 9.18 Å². The summed E-state index contributed by atoms with van der Waals surface area (Å²) in [5.41, 5.74) is 2.98. The van der Waals surface area contributed by atoms with Crippen molar-refractivity contribution in [2.24, 2.45) is 0 Å². The topological polar surface area (TPSA) is 111 Å². The second-order valence-corrected chi connectivity index (χ2v) is 9.78. The van der Waals surface area contributed by atoms with E-state index in [1.807, 2.05) is 54.6 Å². The van der Waals surface area contributed by atoms with Crippen LogP contribution in [0.4, 0.5) is 10.2 Å². The first kappa shape index (κ1) is 27.1. The fourth-order valence-electron chi connectivity index (χ4n) is 5.00. The lowest BCUT2D eigenvalue weighted by molar-refractivity contribution is 0.309. The second kappa shape index (κ2) is 11.8. The fraction of sp³-hybridized carbons (Fsp3) is 0.0968. The fourth-order valence-corrected chi connectivity index (χ4v) is 5.18. The molecule has 0 fully saturated rings. The van der Waals surface area contributed by atoms with Gasteiger partial charge in [0.2, 0.25) is 11.6 Å². The molecule has 0 saturated carbocycles. The Morgan fingerprint density at radius 2 is 1.38 bits per heavy atom. The SMILES string of the molecule is O=c1onc(-c2nonc2NCCNC(c2ccccc2)(c2ccccc2)c2ccccc2)n1-c1ccc(F)c(Cl)c1. The molecule has 0 spiro atoms. The molecular weight excluding hydrogens is 559 g/mol. The van der Waals surface area contributed by atoms with Crippen LogP contribution in [-0.2, 0) is 5.54 Å². The van der Waals surface area contributed by atoms with E-state index in [1.54, 1.807) is 0 Å². The second-order valence-electron chi connectivity index (χ2n) is 9.37. The summed E-state index contributed by atoms with van der Waals surface area (Å²) in [5, 5.41) is 18.6. The summed E-state index contributed by atoms with van der Waals surface area (Å²) >= 11 is 5.94. The minimum atomic E-state index is -0.804. The average molecular weight is 583 g/mol. The number of aromatic nitrogens is 4. The smallest absolute Gasteiger partial charge is 0.364 e. The van der Waals surface area contributed by atoms with Gasteiger partial charge in [-0.05, 0) is 45.2 Å². The Balaban J connectivity index is 1.28. The van der Waals surface area contributed by atoms with Crippen LogP contribution in [0.3, 0.4) is 0 Å². The molecule has 11 heteroatoms. The minimum absolute atomic E-state index is 0.0200. The highest BCUT2D eigenvalue weighted by Gasteiger charge is 2.35. The van der Waals surface area contributed by atoms with Gasteiger partial charge in [0.05, 0.1) is 16.2 Å². The standard InChI is InChI=1S/C31H24ClFN6O3/c32-25-20-24(16-17-26(25)33)39-29(38-41-30(39)40)27-28(37-42-36-27)34-18-19-35-31(21-10-4-1-5-11-21,22-12-6-2-7-13-22)23-14-8-3-9-15-23/h1-17,20,35H,18-19H2,(H,34,37). The van der Waals surface area contributed by atoms with Crippen LogP contribution in [0, 0.1) is 5.82 Å². The van der Waals surface area contributed by atoms with Crippen LogP contribution in [0.5, 0.6) is 0 Å². The summed E-state index contributed by atoms with van der Waals surface area (Å²) in [7, 11) is 0. The molecule has 0 saturated heterocycles. The molecule has 6 aromatic rings. The molecule has 0 aliphatic carbocycles. The molecule has 0 atom stereocenters. The van der Waals surface area contributed by atoms with Gasteiger partial charge in [0, 0.05) is 13.1 Å². The molecule has 0 aliphatic heterocycles. The highest BCUT2D eigenvalue weighted by Crippen LogP contribution is 2.36. The molecule has 2 heterocycles. The molecule has 6 rings (SSSR count). The zero-order valence-corrected chi connectivity index (χ0v) is 22.8. The van der Waals surface area contributed by atoms with E-state index in [4.69, 9.17) is 20.8 Å². The number of anilines is 1. The quantitative estimate of drug-likeness (QED) is 0.157. The summed E-state index contributed by atoms with van der Waals surface area (Å²) in [5.74, 6) is -1.16. The lowest BCUT2D eigenvalue weighted by Gasteiger charge is -2.37. The van der Waals surface area contributed by atoms with Gasteiger partial charge in [-0.15, -0.1) is 0 Å². The third-order valence-corrected chi connectivity index (χ3v) is 7.18. The van der Waals surface area contributed by atoms with Crippen molar-refractivity contribution in [2.45, 2.75) is 5.54 Å². The molecule has 0 aliphatic rings. The first-order chi connectivity index (χ1) is 20.6. The van der Waals surface area contributed by atoms with Gasteiger partial charge < -0.3 is 5.32 Å². The zero-order valence-electron chi connectivity index (χ0n) is 22.1. The maximum absolute atomic E-state index is 13.7. The zero-order chi connectivity index (χ0) is 28.9. The summed E-state index contributed by atoms with van der Waals surface area (Å²) in [6.07, 6.45) is 0. The lowest BCUT2D eigenvalue weighted by Crippen LogP contribution is -2.46. The van der Waals surface area contributed by atoms with Crippen LogP contribution in [-0.4, -0.2) is 33.1 Å². The Morgan fingerprint density at radius 1 is 0.786 bits per heavy atom. The molecular formula is C31H24ClFN6O3. The molecule has 42 heavy (non-hydrogen) atoms. The highest BCUT2D eigenvalue weighted by molar-refractivity contribution is 6.30. The van der Waals surface area contributed by atoms with Crippen molar-refractivity contribution in [2.75, 3.05) is 18.4 Å². The van der Waals surface area contributed by atoms with E-state index in [1.165, 1.54) is 12.1 Å². The van der Waals surface area contributed by atoms with Crippen LogP contribution in [0.2, 0.25) is 5.02 Å². The largest absolute Gasteiger partial charge is 0.446 e. The maximum Gasteiger partial charge on any atom is 0.446 e. The van der Waals surface area contributed by atoms with Gasteiger partial charge in [-0.1, -0.05) is 108 Å². The van der Waals surface area contributed by atoms with Crippen LogP contribution in [0.25, 0.3) is 17.2 Å². The number of nitrogens with zero attached hydrogens (tertiary/aromatic N) is 4. The molecule has 2 N–H and O–H groups in total. The Bertz CT molecular complexity index is 1740. The summed E-state index contributed by atoms with van der Waals surface area (Å²) in [6, 6.07) is 34.6. The van der Waals surface area contributed by atoms with Gasteiger partial charge >= 0.3 is 5.76 Å². The van der Waals surface area contributed by atoms with E-state index in [0.29, 0.717) is 13.1 Å². The van der Waals surface area contributed by atoms with Gasteiger partial charge in [0.1, 0.15) is 5.82 Å². The van der Waals surface area contributed by atoms with E-state index < -0.39 is 17.1 Å². The first-order valence-electron chi connectivity index (χ1n) is 13.1. The van der Waals surface area contributed by atoms with Crippen LogP contribution in [0.1, 0.15) is 16.7 Å². The number of nitrogens with one attached hydrogen (secondary N) is 2. The third kappa shape index (κ3) is 5.09. The maximum atomic E-state index is 13.7. The highest BCUT2D eigenvalue weighted by atomic mass is 35.5. The van der Waals surface area contributed by atoms with Gasteiger partial charge in [0.25, 0.3) is 0 Å². The van der Waals surface area contributed by atoms with Crippen LogP contribution in [0.15, 0.2) is 123 Å². The van der Waals surface area contributed by atoms with Crippen molar-refractivity contribution in [1.82, 2.24) is 25.4 Å². The number of rotatable bonds is 10. The van der Waals surface area contributed by atoms with Gasteiger partial charge in [-0.3, -0.25) is 9.84 Å². The van der Waals surface area contributed by atoms with Gasteiger partial charge in [0.15, 0.2) is 5.69 Å². The van der Waals surface area contributed by atoms with E-state index in [2.05, 4.69) is 62.5 Å². The molecule has 0 radical (unpaired) electrons. The third-order valence-electron chi connectivity index (χ3n) is 6.89. The predicted octanol–water partition coefficient (Wildman–Crippen LogP) is 5.66. The van der Waals surface area contributed by atoms with Gasteiger partial charge in [-0.25, -0.2) is 18.4 Å². The van der Waals surface area contributed by atoms with E-state index >= 15 is 0 Å². The Kier molecular flexibility index (Phi) is 7.63. The van der Waals surface area contributed by atoms with Gasteiger partial charge in [-0.2, -0.15) is 0 Å². The molecule has 4 aromatic carbocycles. The lowest BCUT2D eigenvalue weighted by atomic mass is 9.77. The molecule has 2 aromatic heterocycles. The summed E-state index contributed by atoms with van der Waals surface area (Å²) in [4.78, 5) is 12.5. The monoisotopic (exact) mass is 582 g/mol. The van der Waals surface area contributed by atoms with E-state index in [0.717, 1.165) is 27.3 Å². The van der Waals surface area contributed by atoms with E-state index in [-0.39, 0.29) is 28.0 Å². The molecule has 0 amide bonds. The normalized spacial score (nSPS) is 11.5. The molecule has 210 valence electrons. The molecule has 9 nitrogen and oxygen atoms in total. The van der Waals surface area contributed by atoms with Crippen LogP contribution < -0.4 is 16.4 Å². The Labute approximate surface area is 244 Å². The Morgan fingerprint density at radius 3 is 1.95 bits per heavy atom. The molecule has 0 bridgehead atoms. The number of hydrogen-bond acceptors (Lipinski definition) is 8. The Hall–Kier alpha value is -5.06. The molecule has 0 unspecified atom stereocenters. The number of hydrogen-bond donors (Lipinski definition) is 2.